The van der Waals surface area contributed by atoms with Crippen molar-refractivity contribution in [1.82, 2.24) is 0 Å². The molecule has 0 unspecified atom stereocenters. The molecule has 0 spiro atoms. The molecule has 0 amide bonds. The molecule has 0 saturated heterocycles. The minimum Gasteiger partial charge on any atom is -0.440 e. The predicted octanol–water partition coefficient (Wildman–Crippen LogP) is 4.09. The molecule has 0 radical (unpaired) electrons. The molecular weight excluding hydrogens is 324 g/mol. The molecule has 1 atom stereocenters. The van der Waals surface area contributed by atoms with Crippen LogP contribution in [0.15, 0.2) is 53.9 Å². The van der Waals surface area contributed by atoms with Crippen LogP contribution in [0.25, 0.3) is 0 Å². The second kappa shape index (κ2) is 6.38. The molecule has 0 bridgehead atoms. The summed E-state index contributed by atoms with van der Waals surface area (Å²) in [5.74, 6) is 0.0336. The Morgan fingerprint density at radius 1 is 1.29 bits per heavy atom. The summed E-state index contributed by atoms with van der Waals surface area (Å²) < 4.78 is 5.49. The first-order chi connectivity index (χ1) is 11.5. The average molecular weight is 339 g/mol. The number of hydrogen-bond donors (Lipinski definition) is 1. The SMILES string of the molecule is Cc1ccc(C(=O)C[C@@H]2C(C#N)=C(N)Oc3ccc(Cl)cc32)cc1. The van der Waals surface area contributed by atoms with E-state index in [1.165, 1.54) is 0 Å². The highest BCUT2D eigenvalue weighted by Crippen LogP contribution is 2.41. The number of benzene rings is 2. The van der Waals surface area contributed by atoms with Gasteiger partial charge in [-0.25, -0.2) is 0 Å². The summed E-state index contributed by atoms with van der Waals surface area (Å²) in [5, 5.41) is 9.95. The zero-order valence-corrected chi connectivity index (χ0v) is 13.8. The lowest BCUT2D eigenvalue weighted by atomic mass is 9.84. The Morgan fingerprint density at radius 3 is 2.67 bits per heavy atom. The second-order valence-electron chi connectivity index (χ2n) is 5.72. The number of ketones is 1. The number of allylic oxidation sites excluding steroid dienone is 1. The molecule has 1 aliphatic heterocycles. The van der Waals surface area contributed by atoms with E-state index in [0.29, 0.717) is 21.9 Å². The number of rotatable bonds is 3. The summed E-state index contributed by atoms with van der Waals surface area (Å²) in [7, 11) is 0. The standard InChI is InChI=1S/C19H15ClN2O2/c1-11-2-4-12(5-3-11)17(23)9-14-15-8-13(20)6-7-18(15)24-19(22)16(14)10-21/h2-8,14H,9,22H2,1H3/t14-/m0/s1. The van der Waals surface area contributed by atoms with Crippen molar-refractivity contribution < 1.29 is 9.53 Å². The number of carbonyl (C=O) groups excluding carboxylic acids is 1. The van der Waals surface area contributed by atoms with E-state index in [9.17, 15) is 10.1 Å². The molecule has 5 heteroatoms. The molecule has 0 aliphatic carbocycles. The van der Waals surface area contributed by atoms with E-state index in [1.807, 2.05) is 19.1 Å². The van der Waals surface area contributed by atoms with Gasteiger partial charge >= 0.3 is 0 Å². The zero-order valence-electron chi connectivity index (χ0n) is 13.0. The third-order valence-corrected chi connectivity index (χ3v) is 4.30. The van der Waals surface area contributed by atoms with Crippen LogP contribution in [0.4, 0.5) is 0 Å². The Labute approximate surface area is 145 Å². The lowest BCUT2D eigenvalue weighted by molar-refractivity contribution is 0.0976. The number of nitriles is 1. The van der Waals surface area contributed by atoms with Crippen molar-refractivity contribution in [3.8, 4) is 11.8 Å². The van der Waals surface area contributed by atoms with Gasteiger partial charge in [0.25, 0.3) is 0 Å². The number of fused-ring (bicyclic) bond motifs is 1. The number of Topliss-reactive ketones (excluding diaryl/α,β-unsaturated/α-hetero) is 1. The predicted molar refractivity (Wildman–Crippen MR) is 91.8 cm³/mol. The van der Waals surface area contributed by atoms with Crippen molar-refractivity contribution in [2.75, 3.05) is 0 Å². The van der Waals surface area contributed by atoms with E-state index in [-0.39, 0.29) is 23.7 Å². The molecule has 3 rings (SSSR count). The number of nitrogens with two attached hydrogens (primary N) is 1. The molecule has 120 valence electrons. The summed E-state index contributed by atoms with van der Waals surface area (Å²) >= 11 is 6.07. The van der Waals surface area contributed by atoms with Crippen molar-refractivity contribution in [1.29, 1.82) is 5.26 Å². The van der Waals surface area contributed by atoms with E-state index in [1.54, 1.807) is 30.3 Å². The van der Waals surface area contributed by atoms with Crippen LogP contribution in [-0.4, -0.2) is 5.78 Å². The number of ether oxygens (including phenoxy) is 1. The summed E-state index contributed by atoms with van der Waals surface area (Å²) in [5.41, 5.74) is 8.50. The van der Waals surface area contributed by atoms with Crippen molar-refractivity contribution in [2.45, 2.75) is 19.3 Å². The van der Waals surface area contributed by atoms with Gasteiger partial charge in [-0.15, -0.1) is 0 Å². The third kappa shape index (κ3) is 2.99. The highest BCUT2D eigenvalue weighted by Gasteiger charge is 2.31. The fourth-order valence-corrected chi connectivity index (χ4v) is 2.95. The Bertz CT molecular complexity index is 879. The smallest absolute Gasteiger partial charge is 0.205 e. The van der Waals surface area contributed by atoms with E-state index in [2.05, 4.69) is 6.07 Å². The Kier molecular flexibility index (Phi) is 4.28. The van der Waals surface area contributed by atoms with Crippen LogP contribution in [-0.2, 0) is 0 Å². The van der Waals surface area contributed by atoms with Crippen molar-refractivity contribution in [2.24, 2.45) is 5.73 Å². The molecular formula is C19H15ClN2O2. The Morgan fingerprint density at radius 2 is 2.00 bits per heavy atom. The molecule has 2 aromatic carbocycles. The summed E-state index contributed by atoms with van der Waals surface area (Å²) in [6.07, 6.45) is 0.128. The van der Waals surface area contributed by atoms with Crippen molar-refractivity contribution in [3.63, 3.8) is 0 Å². The number of hydrogen-bond acceptors (Lipinski definition) is 4. The van der Waals surface area contributed by atoms with Gasteiger partial charge in [-0.1, -0.05) is 41.4 Å². The quantitative estimate of drug-likeness (QED) is 0.855. The van der Waals surface area contributed by atoms with Crippen LogP contribution >= 0.6 is 11.6 Å². The third-order valence-electron chi connectivity index (χ3n) is 4.06. The minimum atomic E-state index is -0.466. The second-order valence-corrected chi connectivity index (χ2v) is 6.16. The van der Waals surface area contributed by atoms with Crippen molar-refractivity contribution >= 4 is 17.4 Å². The van der Waals surface area contributed by atoms with Crippen LogP contribution in [0.2, 0.25) is 5.02 Å². The Hall–Kier alpha value is -2.77. The molecule has 24 heavy (non-hydrogen) atoms. The van der Waals surface area contributed by atoms with Crippen LogP contribution in [0.5, 0.6) is 5.75 Å². The molecule has 1 heterocycles. The fourth-order valence-electron chi connectivity index (χ4n) is 2.77. The van der Waals surface area contributed by atoms with Crippen LogP contribution in [0.1, 0.15) is 33.8 Å². The van der Waals surface area contributed by atoms with Gasteiger partial charge in [0.2, 0.25) is 5.88 Å². The lowest BCUT2D eigenvalue weighted by Crippen LogP contribution is -2.22. The van der Waals surface area contributed by atoms with Gasteiger partial charge in [0, 0.05) is 28.5 Å². The van der Waals surface area contributed by atoms with Crippen LogP contribution < -0.4 is 10.5 Å². The van der Waals surface area contributed by atoms with E-state index in [4.69, 9.17) is 22.1 Å². The number of halogens is 1. The normalized spacial score (nSPS) is 16.1. The van der Waals surface area contributed by atoms with Gasteiger partial charge in [-0.05, 0) is 25.1 Å². The lowest BCUT2D eigenvalue weighted by Gasteiger charge is -2.25. The van der Waals surface area contributed by atoms with Gasteiger partial charge in [-0.2, -0.15) is 5.26 Å². The molecule has 4 nitrogen and oxygen atoms in total. The first-order valence-electron chi connectivity index (χ1n) is 7.46. The van der Waals surface area contributed by atoms with E-state index < -0.39 is 5.92 Å². The van der Waals surface area contributed by atoms with Gasteiger partial charge in [0.15, 0.2) is 5.78 Å². The van der Waals surface area contributed by atoms with Crippen LogP contribution in [0, 0.1) is 18.3 Å². The van der Waals surface area contributed by atoms with Crippen LogP contribution in [0.3, 0.4) is 0 Å². The number of carbonyl (C=O) groups is 1. The van der Waals surface area contributed by atoms with Gasteiger partial charge in [-0.3, -0.25) is 4.79 Å². The first-order valence-corrected chi connectivity index (χ1v) is 7.84. The summed E-state index contributed by atoms with van der Waals surface area (Å²) in [6, 6.07) is 14.5. The monoisotopic (exact) mass is 338 g/mol. The number of aryl methyl sites for hydroxylation is 1. The molecule has 0 aromatic heterocycles. The van der Waals surface area contributed by atoms with Crippen molar-refractivity contribution in [3.05, 3.63) is 75.6 Å². The first kappa shape index (κ1) is 16.1. The topological polar surface area (TPSA) is 76.1 Å². The van der Waals surface area contributed by atoms with Gasteiger partial charge < -0.3 is 10.5 Å². The van der Waals surface area contributed by atoms with Gasteiger partial charge in [0.1, 0.15) is 11.8 Å². The highest BCUT2D eigenvalue weighted by atomic mass is 35.5. The molecule has 0 saturated carbocycles. The maximum Gasteiger partial charge on any atom is 0.205 e. The minimum absolute atomic E-state index is 0.0361. The number of nitrogens with zero attached hydrogens (tertiary/aromatic N) is 1. The molecule has 2 N–H and O–H groups in total. The fraction of sp³-hybridized carbons (Fsp3) is 0.158. The van der Waals surface area contributed by atoms with Gasteiger partial charge in [0.05, 0.1) is 5.57 Å². The maximum absolute atomic E-state index is 12.6. The largest absolute Gasteiger partial charge is 0.440 e. The maximum atomic E-state index is 12.6. The highest BCUT2D eigenvalue weighted by molar-refractivity contribution is 6.30. The summed E-state index contributed by atoms with van der Waals surface area (Å²) in [6.45, 7) is 1.96. The molecule has 1 aliphatic rings. The molecule has 2 aromatic rings. The summed E-state index contributed by atoms with van der Waals surface area (Å²) in [4.78, 5) is 12.6. The molecule has 0 fully saturated rings. The average Bonchev–Trinajstić information content (AvgIpc) is 2.56. The Balaban J connectivity index is 1.99. The van der Waals surface area contributed by atoms with E-state index in [0.717, 1.165) is 5.56 Å². The van der Waals surface area contributed by atoms with E-state index >= 15 is 0 Å². The zero-order chi connectivity index (χ0) is 17.3.